The maximum absolute atomic E-state index is 9.47. The zero-order valence-electron chi connectivity index (χ0n) is 12.8. The van der Waals surface area contributed by atoms with Crippen LogP contribution in [-0.4, -0.2) is 5.11 Å². The number of aliphatic hydroxyl groups is 1. The molecule has 0 heterocycles. The van der Waals surface area contributed by atoms with Crippen LogP contribution in [-0.2, 0) is 6.61 Å². The fourth-order valence-electron chi connectivity index (χ4n) is 2.14. The van der Waals surface area contributed by atoms with Gasteiger partial charge in [0, 0.05) is 11.6 Å². The van der Waals surface area contributed by atoms with Gasteiger partial charge in [0.05, 0.1) is 6.61 Å². The minimum Gasteiger partial charge on any atom is -0.457 e. The average molecular weight is 285 g/mol. The van der Waals surface area contributed by atoms with Gasteiger partial charge in [-0.15, -0.1) is 0 Å². The third kappa shape index (κ3) is 3.84. The summed E-state index contributed by atoms with van der Waals surface area (Å²) in [5.74, 6) is 1.85. The second-order valence-electron chi connectivity index (χ2n) is 5.64. The summed E-state index contributed by atoms with van der Waals surface area (Å²) in [7, 11) is 0. The predicted octanol–water partition coefficient (Wildman–Crippen LogP) is 4.11. The third-order valence-corrected chi connectivity index (χ3v) is 3.54. The Morgan fingerprint density at radius 3 is 2.43 bits per heavy atom. The van der Waals surface area contributed by atoms with Crippen LogP contribution < -0.4 is 10.5 Å². The van der Waals surface area contributed by atoms with Gasteiger partial charge in [0.1, 0.15) is 11.5 Å². The second-order valence-corrected chi connectivity index (χ2v) is 5.64. The highest BCUT2D eigenvalue weighted by atomic mass is 16.5. The second kappa shape index (κ2) is 6.74. The van der Waals surface area contributed by atoms with Crippen molar-refractivity contribution >= 4 is 0 Å². The fourth-order valence-corrected chi connectivity index (χ4v) is 2.14. The van der Waals surface area contributed by atoms with Crippen molar-refractivity contribution in [2.75, 3.05) is 0 Å². The summed E-state index contributed by atoms with van der Waals surface area (Å²) in [5.41, 5.74) is 8.89. The van der Waals surface area contributed by atoms with Gasteiger partial charge in [-0.3, -0.25) is 0 Å². The molecule has 21 heavy (non-hydrogen) atoms. The topological polar surface area (TPSA) is 55.5 Å². The summed E-state index contributed by atoms with van der Waals surface area (Å²) in [5, 5.41) is 9.47. The van der Waals surface area contributed by atoms with E-state index in [1.54, 1.807) is 0 Å². The van der Waals surface area contributed by atoms with Crippen molar-refractivity contribution < 1.29 is 9.84 Å². The number of ether oxygens (including phenoxy) is 1. The standard InChI is InChI=1S/C18H23NO2/c1-12(2)14-7-8-16(11-20)18(10-14)21-17-6-4-5-15(9-17)13(3)19/h4-10,12-13,20H,11,19H2,1-3H3. The molecule has 1 atom stereocenters. The minimum absolute atomic E-state index is 0.0344. The number of aliphatic hydroxyl groups excluding tert-OH is 1. The lowest BCUT2D eigenvalue weighted by Gasteiger charge is -2.14. The molecule has 0 aliphatic heterocycles. The third-order valence-electron chi connectivity index (χ3n) is 3.54. The molecule has 3 nitrogen and oxygen atoms in total. The summed E-state index contributed by atoms with van der Waals surface area (Å²) in [6, 6.07) is 13.7. The number of nitrogens with two attached hydrogens (primary N) is 1. The zero-order valence-corrected chi connectivity index (χ0v) is 12.8. The van der Waals surface area contributed by atoms with Crippen LogP contribution >= 0.6 is 0 Å². The van der Waals surface area contributed by atoms with Crippen LogP contribution in [0.25, 0.3) is 0 Å². The highest BCUT2D eigenvalue weighted by molar-refractivity contribution is 5.42. The highest BCUT2D eigenvalue weighted by Gasteiger charge is 2.09. The molecule has 0 saturated carbocycles. The van der Waals surface area contributed by atoms with Crippen LogP contribution in [0.2, 0.25) is 0 Å². The van der Waals surface area contributed by atoms with Gasteiger partial charge in [-0.25, -0.2) is 0 Å². The average Bonchev–Trinajstić information content (AvgIpc) is 2.47. The molecule has 0 bridgehead atoms. The number of rotatable bonds is 5. The Morgan fingerprint density at radius 1 is 1.05 bits per heavy atom. The van der Waals surface area contributed by atoms with Crippen LogP contribution in [0, 0.1) is 0 Å². The van der Waals surface area contributed by atoms with Crippen molar-refractivity contribution in [1.82, 2.24) is 0 Å². The van der Waals surface area contributed by atoms with Crippen LogP contribution in [0.5, 0.6) is 11.5 Å². The Hall–Kier alpha value is -1.84. The van der Waals surface area contributed by atoms with E-state index in [-0.39, 0.29) is 12.6 Å². The zero-order chi connectivity index (χ0) is 15.4. The summed E-state index contributed by atoms with van der Waals surface area (Å²) in [4.78, 5) is 0. The van der Waals surface area contributed by atoms with Gasteiger partial charge in [-0.1, -0.05) is 38.1 Å². The van der Waals surface area contributed by atoms with Crippen molar-refractivity contribution in [1.29, 1.82) is 0 Å². The molecule has 0 saturated heterocycles. The van der Waals surface area contributed by atoms with Gasteiger partial charge in [0.2, 0.25) is 0 Å². The molecule has 1 unspecified atom stereocenters. The monoisotopic (exact) mass is 285 g/mol. The summed E-state index contributed by atoms with van der Waals surface area (Å²) in [6.07, 6.45) is 0. The fraction of sp³-hybridized carbons (Fsp3) is 0.333. The van der Waals surface area contributed by atoms with E-state index in [0.717, 1.165) is 16.9 Å². The van der Waals surface area contributed by atoms with Crippen molar-refractivity contribution in [2.24, 2.45) is 5.73 Å². The van der Waals surface area contributed by atoms with Gasteiger partial charge in [-0.05, 0) is 42.2 Å². The van der Waals surface area contributed by atoms with Gasteiger partial charge >= 0.3 is 0 Å². The molecule has 3 heteroatoms. The van der Waals surface area contributed by atoms with E-state index in [1.165, 1.54) is 5.56 Å². The molecule has 2 rings (SSSR count). The normalized spacial score (nSPS) is 12.5. The van der Waals surface area contributed by atoms with Crippen LogP contribution in [0.3, 0.4) is 0 Å². The lowest BCUT2D eigenvalue weighted by atomic mass is 10.0. The highest BCUT2D eigenvalue weighted by Crippen LogP contribution is 2.30. The Bertz CT molecular complexity index is 606. The SMILES string of the molecule is CC(C)c1ccc(CO)c(Oc2cccc(C(C)N)c2)c1. The molecule has 0 spiro atoms. The maximum Gasteiger partial charge on any atom is 0.133 e. The molecule has 2 aromatic rings. The van der Waals surface area contributed by atoms with Gasteiger partial charge in [-0.2, -0.15) is 0 Å². The Balaban J connectivity index is 2.33. The van der Waals surface area contributed by atoms with Gasteiger partial charge in [0.15, 0.2) is 0 Å². The van der Waals surface area contributed by atoms with Gasteiger partial charge < -0.3 is 15.6 Å². The molecule has 0 aromatic heterocycles. The molecule has 112 valence electrons. The van der Waals surface area contributed by atoms with Gasteiger partial charge in [0.25, 0.3) is 0 Å². The van der Waals surface area contributed by atoms with E-state index in [9.17, 15) is 5.11 Å². The molecular weight excluding hydrogens is 262 g/mol. The summed E-state index contributed by atoms with van der Waals surface area (Å²) >= 11 is 0. The van der Waals surface area contributed by atoms with Crippen LogP contribution in [0.1, 0.15) is 49.4 Å². The maximum atomic E-state index is 9.47. The molecule has 0 amide bonds. The lowest BCUT2D eigenvalue weighted by Crippen LogP contribution is -2.04. The first-order chi connectivity index (χ1) is 10.0. The van der Waals surface area contributed by atoms with Crippen LogP contribution in [0.15, 0.2) is 42.5 Å². The Morgan fingerprint density at radius 2 is 1.81 bits per heavy atom. The van der Waals surface area contributed by atoms with Crippen molar-refractivity contribution in [2.45, 2.75) is 39.3 Å². The summed E-state index contributed by atoms with van der Waals surface area (Å²) in [6.45, 7) is 6.17. The predicted molar refractivity (Wildman–Crippen MR) is 85.6 cm³/mol. The van der Waals surface area contributed by atoms with E-state index in [0.29, 0.717) is 11.7 Å². The molecular formula is C18H23NO2. The number of hydrogen-bond acceptors (Lipinski definition) is 3. The first kappa shape index (κ1) is 15.5. The molecule has 0 aliphatic rings. The quantitative estimate of drug-likeness (QED) is 0.869. The van der Waals surface area contributed by atoms with E-state index in [2.05, 4.69) is 13.8 Å². The largest absolute Gasteiger partial charge is 0.457 e. The van der Waals surface area contributed by atoms with E-state index in [4.69, 9.17) is 10.5 Å². The van der Waals surface area contributed by atoms with E-state index >= 15 is 0 Å². The lowest BCUT2D eigenvalue weighted by molar-refractivity contribution is 0.276. The molecule has 0 fully saturated rings. The van der Waals surface area contributed by atoms with Crippen LogP contribution in [0.4, 0.5) is 0 Å². The molecule has 3 N–H and O–H groups in total. The molecule has 0 aliphatic carbocycles. The van der Waals surface area contributed by atoms with Crippen molar-refractivity contribution in [3.8, 4) is 11.5 Å². The molecule has 0 radical (unpaired) electrons. The van der Waals surface area contributed by atoms with E-state index < -0.39 is 0 Å². The summed E-state index contributed by atoms with van der Waals surface area (Å²) < 4.78 is 5.97. The first-order valence-electron chi connectivity index (χ1n) is 7.28. The number of hydrogen-bond donors (Lipinski definition) is 2. The Kier molecular flexibility index (Phi) is 4.99. The van der Waals surface area contributed by atoms with Crippen molar-refractivity contribution in [3.63, 3.8) is 0 Å². The van der Waals surface area contributed by atoms with E-state index in [1.807, 2.05) is 49.4 Å². The first-order valence-corrected chi connectivity index (χ1v) is 7.28. The number of benzene rings is 2. The Labute approximate surface area is 126 Å². The molecule has 2 aromatic carbocycles. The minimum atomic E-state index is -0.0410. The smallest absolute Gasteiger partial charge is 0.133 e. The van der Waals surface area contributed by atoms with Crippen molar-refractivity contribution in [3.05, 3.63) is 59.2 Å².